The van der Waals surface area contributed by atoms with Crippen LogP contribution in [0.3, 0.4) is 0 Å². The Kier molecular flexibility index (Phi) is 4.26. The molecular formula is C12H18N4O3S. The number of aromatic nitrogens is 2. The summed E-state index contributed by atoms with van der Waals surface area (Å²) in [5.41, 5.74) is 6.24. The molecule has 8 heteroatoms. The van der Waals surface area contributed by atoms with Crippen LogP contribution in [0.5, 0.6) is 0 Å². The van der Waals surface area contributed by atoms with Crippen molar-refractivity contribution in [2.45, 2.75) is 24.4 Å². The molecule has 1 unspecified atom stereocenters. The molecule has 7 nitrogen and oxygen atoms in total. The third-order valence-corrected chi connectivity index (χ3v) is 4.51. The van der Waals surface area contributed by atoms with E-state index in [9.17, 15) is 8.42 Å². The summed E-state index contributed by atoms with van der Waals surface area (Å²) in [4.78, 5) is 4.05. The van der Waals surface area contributed by atoms with Crippen LogP contribution in [-0.2, 0) is 14.8 Å². The number of hydrogen-bond acceptors (Lipinski definition) is 5. The molecule has 0 radical (unpaired) electrons. The number of rotatable bonds is 6. The van der Waals surface area contributed by atoms with Crippen molar-refractivity contribution < 1.29 is 13.2 Å². The maximum atomic E-state index is 12.5. The maximum absolute atomic E-state index is 12.5. The number of pyridine rings is 1. The predicted molar refractivity (Wildman–Crippen MR) is 75.9 cm³/mol. The molecule has 2 aromatic heterocycles. The Labute approximate surface area is 117 Å². The summed E-state index contributed by atoms with van der Waals surface area (Å²) in [5, 5.41) is -0.0392. The molecule has 0 fully saturated rings. The Morgan fingerprint density at radius 2 is 2.25 bits per heavy atom. The zero-order valence-electron chi connectivity index (χ0n) is 11.4. The molecule has 0 aliphatic rings. The standard InChI is InChI=1S/C12H18N4O3S/c1-3-9(8-19-2)15-20(17,18)12-11(13)14-10-6-4-5-7-16(10)12/h4-7,9,15H,3,8,13H2,1-2H3. The first-order valence-electron chi connectivity index (χ1n) is 6.23. The quantitative estimate of drug-likeness (QED) is 0.814. The SMILES string of the molecule is CCC(COC)NS(=O)(=O)c1c(N)nc2ccccn12. The van der Waals surface area contributed by atoms with E-state index in [0.29, 0.717) is 18.7 Å². The minimum absolute atomic E-state index is 0.0176. The Morgan fingerprint density at radius 3 is 2.90 bits per heavy atom. The van der Waals surface area contributed by atoms with Gasteiger partial charge in [0.05, 0.1) is 6.61 Å². The third-order valence-electron chi connectivity index (χ3n) is 2.95. The van der Waals surface area contributed by atoms with Gasteiger partial charge in [-0.2, -0.15) is 0 Å². The van der Waals surface area contributed by atoms with Crippen LogP contribution in [-0.4, -0.2) is 37.6 Å². The van der Waals surface area contributed by atoms with E-state index in [1.54, 1.807) is 24.4 Å². The number of nitrogens with two attached hydrogens (primary N) is 1. The van der Waals surface area contributed by atoms with Crippen LogP contribution < -0.4 is 10.5 Å². The molecular weight excluding hydrogens is 280 g/mol. The fourth-order valence-corrected chi connectivity index (χ4v) is 3.49. The maximum Gasteiger partial charge on any atom is 0.260 e. The van der Waals surface area contributed by atoms with Gasteiger partial charge in [-0.05, 0) is 18.6 Å². The highest BCUT2D eigenvalue weighted by Crippen LogP contribution is 2.20. The Morgan fingerprint density at radius 1 is 1.50 bits per heavy atom. The van der Waals surface area contributed by atoms with E-state index in [1.807, 2.05) is 6.92 Å². The van der Waals surface area contributed by atoms with E-state index in [1.165, 1.54) is 11.5 Å². The first-order chi connectivity index (χ1) is 9.49. The van der Waals surface area contributed by atoms with Crippen LogP contribution in [0.2, 0.25) is 0 Å². The molecule has 0 spiro atoms. The van der Waals surface area contributed by atoms with Crippen LogP contribution in [0.1, 0.15) is 13.3 Å². The summed E-state index contributed by atoms with van der Waals surface area (Å²) in [6.07, 6.45) is 2.23. The monoisotopic (exact) mass is 298 g/mol. The van der Waals surface area contributed by atoms with Gasteiger partial charge < -0.3 is 10.5 Å². The van der Waals surface area contributed by atoms with Crippen molar-refractivity contribution in [1.29, 1.82) is 0 Å². The molecule has 0 aliphatic heterocycles. The highest BCUT2D eigenvalue weighted by atomic mass is 32.2. The summed E-state index contributed by atoms with van der Waals surface area (Å²) in [6.45, 7) is 2.18. The van der Waals surface area contributed by atoms with Gasteiger partial charge in [-0.15, -0.1) is 0 Å². The summed E-state index contributed by atoms with van der Waals surface area (Å²) in [6, 6.07) is 4.88. The molecule has 110 valence electrons. The van der Waals surface area contributed by atoms with Crippen molar-refractivity contribution >= 4 is 21.5 Å². The average molecular weight is 298 g/mol. The van der Waals surface area contributed by atoms with Crippen molar-refractivity contribution in [3.8, 4) is 0 Å². The number of nitrogens with one attached hydrogen (secondary N) is 1. The number of imidazole rings is 1. The van der Waals surface area contributed by atoms with Gasteiger partial charge in [0.1, 0.15) is 5.65 Å². The first-order valence-corrected chi connectivity index (χ1v) is 7.71. The van der Waals surface area contributed by atoms with Gasteiger partial charge in [0.2, 0.25) is 0 Å². The largest absolute Gasteiger partial charge is 0.383 e. The smallest absolute Gasteiger partial charge is 0.260 e. The fraction of sp³-hybridized carbons (Fsp3) is 0.417. The molecule has 0 saturated carbocycles. The van der Waals surface area contributed by atoms with E-state index in [4.69, 9.17) is 10.5 Å². The molecule has 0 bridgehead atoms. The van der Waals surface area contributed by atoms with Crippen molar-refractivity contribution in [1.82, 2.24) is 14.1 Å². The summed E-state index contributed by atoms with van der Waals surface area (Å²) in [7, 11) is -2.23. The number of nitrogens with zero attached hydrogens (tertiary/aromatic N) is 2. The lowest BCUT2D eigenvalue weighted by atomic mass is 10.3. The highest BCUT2D eigenvalue weighted by molar-refractivity contribution is 7.89. The summed E-state index contributed by atoms with van der Waals surface area (Å²) < 4.78 is 34.0. The number of anilines is 1. The number of methoxy groups -OCH3 is 1. The second-order valence-electron chi connectivity index (χ2n) is 4.41. The zero-order chi connectivity index (χ0) is 14.8. The van der Waals surface area contributed by atoms with Crippen molar-refractivity contribution in [3.05, 3.63) is 24.4 Å². The Balaban J connectivity index is 2.44. The normalized spacial score (nSPS) is 13.7. The first kappa shape index (κ1) is 14.8. The van der Waals surface area contributed by atoms with Gasteiger partial charge in [-0.25, -0.2) is 18.1 Å². The molecule has 2 heterocycles. The van der Waals surface area contributed by atoms with Gasteiger partial charge in [0.25, 0.3) is 10.0 Å². The molecule has 20 heavy (non-hydrogen) atoms. The van der Waals surface area contributed by atoms with Crippen LogP contribution in [0.25, 0.3) is 5.65 Å². The number of nitrogen functional groups attached to an aromatic ring is 1. The van der Waals surface area contributed by atoms with E-state index < -0.39 is 10.0 Å². The Bertz CT molecular complexity index is 696. The van der Waals surface area contributed by atoms with Crippen molar-refractivity contribution in [2.24, 2.45) is 0 Å². The van der Waals surface area contributed by atoms with E-state index in [2.05, 4.69) is 9.71 Å². The highest BCUT2D eigenvalue weighted by Gasteiger charge is 2.26. The number of hydrogen-bond donors (Lipinski definition) is 2. The molecule has 0 aliphatic carbocycles. The van der Waals surface area contributed by atoms with Crippen LogP contribution in [0, 0.1) is 0 Å². The van der Waals surface area contributed by atoms with Gasteiger partial charge >= 0.3 is 0 Å². The molecule has 0 aromatic carbocycles. The number of fused-ring (bicyclic) bond motifs is 1. The van der Waals surface area contributed by atoms with Crippen LogP contribution >= 0.6 is 0 Å². The molecule has 1 atom stereocenters. The molecule has 3 N–H and O–H groups in total. The second kappa shape index (κ2) is 5.78. The van der Waals surface area contributed by atoms with E-state index in [-0.39, 0.29) is 16.9 Å². The van der Waals surface area contributed by atoms with Crippen LogP contribution in [0.4, 0.5) is 5.82 Å². The predicted octanol–water partition coefficient (Wildman–Crippen LogP) is 0.620. The lowest BCUT2D eigenvalue weighted by molar-refractivity contribution is 0.173. The van der Waals surface area contributed by atoms with E-state index in [0.717, 1.165) is 0 Å². The van der Waals surface area contributed by atoms with Gasteiger partial charge in [0, 0.05) is 19.3 Å². The number of ether oxygens (including phenoxy) is 1. The Hall–Kier alpha value is -1.64. The van der Waals surface area contributed by atoms with Crippen molar-refractivity contribution in [3.63, 3.8) is 0 Å². The minimum atomic E-state index is -3.76. The minimum Gasteiger partial charge on any atom is -0.383 e. The third kappa shape index (κ3) is 2.77. The van der Waals surface area contributed by atoms with Gasteiger partial charge in [-0.1, -0.05) is 13.0 Å². The number of sulfonamides is 1. The van der Waals surface area contributed by atoms with E-state index >= 15 is 0 Å². The lowest BCUT2D eigenvalue weighted by Gasteiger charge is -2.16. The fourth-order valence-electron chi connectivity index (χ4n) is 1.97. The zero-order valence-corrected chi connectivity index (χ0v) is 12.2. The van der Waals surface area contributed by atoms with Crippen molar-refractivity contribution in [2.75, 3.05) is 19.5 Å². The topological polar surface area (TPSA) is 98.7 Å². The summed E-state index contributed by atoms with van der Waals surface area (Å²) >= 11 is 0. The van der Waals surface area contributed by atoms with Gasteiger partial charge in [0.15, 0.2) is 10.8 Å². The van der Waals surface area contributed by atoms with Crippen LogP contribution in [0.15, 0.2) is 29.4 Å². The average Bonchev–Trinajstić information content (AvgIpc) is 2.74. The molecule has 0 amide bonds. The lowest BCUT2D eigenvalue weighted by Crippen LogP contribution is -2.38. The molecule has 0 saturated heterocycles. The summed E-state index contributed by atoms with van der Waals surface area (Å²) in [5.74, 6) is -0.0176. The molecule has 2 rings (SSSR count). The molecule has 2 aromatic rings. The van der Waals surface area contributed by atoms with Gasteiger partial charge in [-0.3, -0.25) is 4.40 Å². The second-order valence-corrected chi connectivity index (χ2v) is 6.04.